The first-order valence-corrected chi connectivity index (χ1v) is 4.17. The van der Waals surface area contributed by atoms with Crippen LogP contribution < -0.4 is 0 Å². The highest BCUT2D eigenvalue weighted by Crippen LogP contribution is 2.22. The molecule has 0 aliphatic heterocycles. The van der Waals surface area contributed by atoms with E-state index in [9.17, 15) is 18.9 Å². The smallest absolute Gasteiger partial charge is 0.263 e. The highest BCUT2D eigenvalue weighted by atomic mass is 19.1. The van der Waals surface area contributed by atoms with E-state index in [1.807, 2.05) is 0 Å². The van der Waals surface area contributed by atoms with Gasteiger partial charge in [-0.2, -0.15) is 0 Å². The molecule has 82 valence electrons. The van der Waals surface area contributed by atoms with Crippen molar-refractivity contribution in [3.8, 4) is 0 Å². The van der Waals surface area contributed by atoms with Gasteiger partial charge in [0.2, 0.25) is 0 Å². The van der Waals surface area contributed by atoms with Crippen molar-refractivity contribution < 1.29 is 18.8 Å². The molecule has 1 aromatic rings. The molecular formula is C9H9F2NO3. The van der Waals surface area contributed by atoms with Crippen LogP contribution in [0.3, 0.4) is 0 Å². The summed E-state index contributed by atoms with van der Waals surface area (Å²) in [6, 6.07) is 0.0647. The zero-order valence-electron chi connectivity index (χ0n) is 7.91. The highest BCUT2D eigenvalue weighted by molar-refractivity contribution is 5.27. The first-order chi connectivity index (χ1) is 6.97. The summed E-state index contributed by atoms with van der Waals surface area (Å²) in [6.07, 6.45) is 0. The number of nitro groups is 1. The Kier molecular flexibility index (Phi) is 3.31. The summed E-state index contributed by atoms with van der Waals surface area (Å²) in [6.45, 7) is 0.543. The van der Waals surface area contributed by atoms with Crippen LogP contribution in [0.2, 0.25) is 0 Å². The Morgan fingerprint density at radius 1 is 1.47 bits per heavy atom. The fourth-order valence-corrected chi connectivity index (χ4v) is 1.21. The van der Waals surface area contributed by atoms with Gasteiger partial charge in [0.25, 0.3) is 6.04 Å². The zero-order chi connectivity index (χ0) is 11.6. The van der Waals surface area contributed by atoms with Gasteiger partial charge in [0.15, 0.2) is 0 Å². The predicted octanol–water partition coefficient (Wildman–Crippen LogP) is 1.58. The Bertz CT molecular complexity index is 395. The molecule has 1 aromatic carbocycles. The van der Waals surface area contributed by atoms with E-state index < -0.39 is 29.2 Å². The molecule has 0 aliphatic carbocycles. The van der Waals surface area contributed by atoms with Crippen molar-refractivity contribution in [3.05, 3.63) is 45.0 Å². The number of nitrogens with zero attached hydrogens (tertiary/aromatic N) is 1. The Labute approximate surface area is 84.3 Å². The van der Waals surface area contributed by atoms with Crippen molar-refractivity contribution in [2.24, 2.45) is 0 Å². The number of aryl methyl sites for hydroxylation is 1. The number of benzene rings is 1. The predicted molar refractivity (Wildman–Crippen MR) is 47.9 cm³/mol. The molecule has 0 spiro atoms. The quantitative estimate of drug-likeness (QED) is 0.617. The van der Waals surface area contributed by atoms with Crippen LogP contribution in [0.4, 0.5) is 8.78 Å². The van der Waals surface area contributed by atoms with Crippen LogP contribution in [0.1, 0.15) is 17.2 Å². The van der Waals surface area contributed by atoms with Crippen molar-refractivity contribution in [1.29, 1.82) is 0 Å². The summed E-state index contributed by atoms with van der Waals surface area (Å²) >= 11 is 0. The molecule has 0 aliphatic rings. The van der Waals surface area contributed by atoms with Crippen LogP contribution in [0.15, 0.2) is 12.1 Å². The normalized spacial score (nSPS) is 12.5. The first kappa shape index (κ1) is 11.5. The van der Waals surface area contributed by atoms with Gasteiger partial charge in [-0.3, -0.25) is 10.1 Å². The second-order valence-electron chi connectivity index (χ2n) is 3.11. The summed E-state index contributed by atoms with van der Waals surface area (Å²) in [5, 5.41) is 19.2. The molecule has 0 amide bonds. The molecule has 1 unspecified atom stereocenters. The van der Waals surface area contributed by atoms with E-state index in [2.05, 4.69) is 0 Å². The minimum absolute atomic E-state index is 0.103. The number of aliphatic hydroxyl groups is 1. The summed E-state index contributed by atoms with van der Waals surface area (Å²) < 4.78 is 26.0. The maximum Gasteiger partial charge on any atom is 0.263 e. The van der Waals surface area contributed by atoms with Gasteiger partial charge in [-0.25, -0.2) is 8.78 Å². The minimum Gasteiger partial charge on any atom is -0.389 e. The van der Waals surface area contributed by atoms with E-state index in [0.29, 0.717) is 6.07 Å². The molecule has 15 heavy (non-hydrogen) atoms. The SMILES string of the molecule is Cc1cc(C(CO)[N+](=O)[O-])c(F)cc1F. The van der Waals surface area contributed by atoms with E-state index in [0.717, 1.165) is 6.07 Å². The summed E-state index contributed by atoms with van der Waals surface area (Å²) in [5.41, 5.74) is -0.201. The summed E-state index contributed by atoms with van der Waals surface area (Å²) in [5.74, 6) is -1.79. The number of hydrogen-bond donors (Lipinski definition) is 1. The molecule has 4 nitrogen and oxygen atoms in total. The molecule has 1 N–H and O–H groups in total. The Morgan fingerprint density at radius 3 is 2.53 bits per heavy atom. The average Bonchev–Trinajstić information content (AvgIpc) is 2.14. The molecule has 0 fully saturated rings. The van der Waals surface area contributed by atoms with Gasteiger partial charge in [-0.15, -0.1) is 0 Å². The number of hydrogen-bond acceptors (Lipinski definition) is 3. The second kappa shape index (κ2) is 4.31. The van der Waals surface area contributed by atoms with E-state index >= 15 is 0 Å². The van der Waals surface area contributed by atoms with Gasteiger partial charge in [0, 0.05) is 11.0 Å². The topological polar surface area (TPSA) is 63.4 Å². The van der Waals surface area contributed by atoms with Gasteiger partial charge in [-0.05, 0) is 18.6 Å². The lowest BCUT2D eigenvalue weighted by Crippen LogP contribution is -2.16. The molecule has 0 heterocycles. The van der Waals surface area contributed by atoms with E-state index in [1.165, 1.54) is 6.92 Å². The first-order valence-electron chi connectivity index (χ1n) is 4.17. The molecule has 1 rings (SSSR count). The van der Waals surface area contributed by atoms with Gasteiger partial charge < -0.3 is 5.11 Å². The monoisotopic (exact) mass is 217 g/mol. The fourth-order valence-electron chi connectivity index (χ4n) is 1.21. The van der Waals surface area contributed by atoms with E-state index in [4.69, 9.17) is 5.11 Å². The van der Waals surface area contributed by atoms with Gasteiger partial charge >= 0.3 is 0 Å². The van der Waals surface area contributed by atoms with Crippen molar-refractivity contribution in [2.75, 3.05) is 6.61 Å². The highest BCUT2D eigenvalue weighted by Gasteiger charge is 2.26. The van der Waals surface area contributed by atoms with Crippen LogP contribution in [0.5, 0.6) is 0 Å². The number of halogens is 2. The van der Waals surface area contributed by atoms with Crippen molar-refractivity contribution in [2.45, 2.75) is 13.0 Å². The van der Waals surface area contributed by atoms with Crippen molar-refractivity contribution >= 4 is 0 Å². The van der Waals surface area contributed by atoms with Gasteiger partial charge in [0.1, 0.15) is 18.2 Å². The average molecular weight is 217 g/mol. The molecule has 1 atom stereocenters. The lowest BCUT2D eigenvalue weighted by molar-refractivity contribution is -0.532. The minimum atomic E-state index is -1.55. The van der Waals surface area contributed by atoms with E-state index in [-0.39, 0.29) is 11.1 Å². The second-order valence-corrected chi connectivity index (χ2v) is 3.11. The van der Waals surface area contributed by atoms with Gasteiger partial charge in [0.05, 0.1) is 5.56 Å². The van der Waals surface area contributed by atoms with Crippen molar-refractivity contribution in [1.82, 2.24) is 0 Å². The van der Waals surface area contributed by atoms with Crippen molar-refractivity contribution in [3.63, 3.8) is 0 Å². The lowest BCUT2D eigenvalue weighted by Gasteiger charge is -2.09. The Morgan fingerprint density at radius 2 is 2.07 bits per heavy atom. The third kappa shape index (κ3) is 2.27. The van der Waals surface area contributed by atoms with Crippen LogP contribution >= 0.6 is 0 Å². The Balaban J connectivity index is 3.24. The molecule has 6 heteroatoms. The zero-order valence-corrected chi connectivity index (χ0v) is 7.91. The standard InChI is InChI=1S/C9H9F2NO3/c1-5-2-6(8(11)3-7(5)10)9(4-13)12(14)15/h2-3,9,13H,4H2,1H3. The fraction of sp³-hybridized carbons (Fsp3) is 0.333. The van der Waals surface area contributed by atoms with Crippen LogP contribution in [0, 0.1) is 28.7 Å². The van der Waals surface area contributed by atoms with Crippen LogP contribution in [-0.2, 0) is 0 Å². The van der Waals surface area contributed by atoms with Crippen LogP contribution in [-0.4, -0.2) is 16.6 Å². The summed E-state index contributed by atoms with van der Waals surface area (Å²) in [4.78, 5) is 9.65. The Hall–Kier alpha value is -1.56. The number of aliphatic hydroxyl groups excluding tert-OH is 1. The maximum atomic E-state index is 13.2. The lowest BCUT2D eigenvalue weighted by atomic mass is 10.0. The molecule has 0 radical (unpaired) electrons. The van der Waals surface area contributed by atoms with E-state index in [1.54, 1.807) is 0 Å². The summed E-state index contributed by atoms with van der Waals surface area (Å²) in [7, 11) is 0. The molecule has 0 saturated heterocycles. The van der Waals surface area contributed by atoms with Crippen LogP contribution in [0.25, 0.3) is 0 Å². The molecule has 0 bridgehead atoms. The molecule has 0 saturated carbocycles. The van der Waals surface area contributed by atoms with Gasteiger partial charge in [-0.1, -0.05) is 0 Å². The third-order valence-electron chi connectivity index (χ3n) is 2.06. The molecular weight excluding hydrogens is 208 g/mol. The largest absolute Gasteiger partial charge is 0.389 e. The maximum absolute atomic E-state index is 13.2. The molecule has 0 aromatic heterocycles. The number of rotatable bonds is 3. The third-order valence-corrected chi connectivity index (χ3v) is 2.06.